The van der Waals surface area contributed by atoms with Gasteiger partial charge in [-0.1, -0.05) is 6.07 Å². The third-order valence-corrected chi connectivity index (χ3v) is 4.00. The lowest BCUT2D eigenvalue weighted by atomic mass is 10.0. The van der Waals surface area contributed by atoms with E-state index in [1.807, 2.05) is 6.07 Å². The Labute approximate surface area is 144 Å². The maximum Gasteiger partial charge on any atom is 0.410 e. The summed E-state index contributed by atoms with van der Waals surface area (Å²) in [4.78, 5) is 17.8. The molecule has 1 N–H and O–H groups in total. The first kappa shape index (κ1) is 18.1. The van der Waals surface area contributed by atoms with Crippen LogP contribution in [0.2, 0.25) is 0 Å². The molecule has 7 heteroatoms. The van der Waals surface area contributed by atoms with Crippen molar-refractivity contribution >= 4 is 22.0 Å². The fourth-order valence-corrected chi connectivity index (χ4v) is 3.00. The second-order valence-electron chi connectivity index (χ2n) is 6.76. The summed E-state index contributed by atoms with van der Waals surface area (Å²) in [5.41, 5.74) is 0.0191. The van der Waals surface area contributed by atoms with Crippen LogP contribution in [0.5, 0.6) is 0 Å². The normalized spacial score (nSPS) is 23.0. The first-order chi connectivity index (χ1) is 10.7. The number of aliphatic hydroxyl groups excluding tert-OH is 1. The molecule has 128 valence electrons. The van der Waals surface area contributed by atoms with Gasteiger partial charge in [0.2, 0.25) is 0 Å². The molecule has 5 nitrogen and oxygen atoms in total. The third kappa shape index (κ3) is 5.14. The van der Waals surface area contributed by atoms with Crippen molar-refractivity contribution in [2.75, 3.05) is 6.54 Å². The molecule has 1 unspecified atom stereocenters. The number of likely N-dealkylation sites (tertiary alicyclic amines) is 1. The summed E-state index contributed by atoms with van der Waals surface area (Å²) in [5, 5.41) is 10.5. The van der Waals surface area contributed by atoms with E-state index in [-0.39, 0.29) is 19.4 Å². The molecule has 1 aromatic rings. The van der Waals surface area contributed by atoms with Crippen LogP contribution in [-0.2, 0) is 11.2 Å². The first-order valence-corrected chi connectivity index (χ1v) is 8.38. The Morgan fingerprint density at radius 2 is 2.26 bits per heavy atom. The predicted molar refractivity (Wildman–Crippen MR) is 87.9 cm³/mol. The van der Waals surface area contributed by atoms with Gasteiger partial charge in [0.25, 0.3) is 0 Å². The molecule has 1 fully saturated rings. The van der Waals surface area contributed by atoms with Gasteiger partial charge in [-0.3, -0.25) is 4.90 Å². The third-order valence-electron chi connectivity index (χ3n) is 3.56. The Balaban J connectivity index is 2.07. The van der Waals surface area contributed by atoms with Crippen LogP contribution in [0.3, 0.4) is 0 Å². The van der Waals surface area contributed by atoms with Crippen molar-refractivity contribution in [3.63, 3.8) is 0 Å². The van der Waals surface area contributed by atoms with Crippen LogP contribution in [-0.4, -0.2) is 51.5 Å². The maximum absolute atomic E-state index is 13.8. The van der Waals surface area contributed by atoms with Gasteiger partial charge in [-0.2, -0.15) is 0 Å². The predicted octanol–water partition coefficient (Wildman–Crippen LogP) is 3.10. The highest BCUT2D eigenvalue weighted by Gasteiger charge is 2.41. The van der Waals surface area contributed by atoms with Crippen molar-refractivity contribution in [1.29, 1.82) is 0 Å². The van der Waals surface area contributed by atoms with Gasteiger partial charge in [-0.15, -0.1) is 0 Å². The molecule has 23 heavy (non-hydrogen) atoms. The van der Waals surface area contributed by atoms with Crippen LogP contribution in [0, 0.1) is 0 Å². The van der Waals surface area contributed by atoms with Crippen molar-refractivity contribution in [2.45, 2.75) is 57.5 Å². The molecule has 3 atom stereocenters. The summed E-state index contributed by atoms with van der Waals surface area (Å²) in [6.07, 6.45) is -2.29. The lowest BCUT2D eigenvalue weighted by Gasteiger charge is -2.30. The number of alkyl halides is 1. The van der Waals surface area contributed by atoms with Crippen LogP contribution in [0.4, 0.5) is 9.18 Å². The average Bonchev–Trinajstić information content (AvgIpc) is 2.79. The van der Waals surface area contributed by atoms with Gasteiger partial charge in [-0.25, -0.2) is 14.2 Å². The van der Waals surface area contributed by atoms with E-state index in [1.54, 1.807) is 32.9 Å². The number of hydrogen-bond acceptors (Lipinski definition) is 4. The number of nitrogens with zero attached hydrogens (tertiary/aromatic N) is 2. The minimum absolute atomic E-state index is 0.0530. The average molecular weight is 389 g/mol. The molecule has 0 radical (unpaired) electrons. The number of amides is 1. The number of aromatic nitrogens is 1. The van der Waals surface area contributed by atoms with Gasteiger partial charge in [-0.05, 0) is 48.8 Å². The number of hydrogen-bond donors (Lipinski definition) is 1. The van der Waals surface area contributed by atoms with E-state index in [9.17, 15) is 14.3 Å². The topological polar surface area (TPSA) is 62.7 Å². The molecule has 0 aliphatic carbocycles. The minimum atomic E-state index is -1.15. The fraction of sp³-hybridized carbons (Fsp3) is 0.625. The molecule has 0 saturated carbocycles. The van der Waals surface area contributed by atoms with Crippen LogP contribution >= 0.6 is 15.9 Å². The van der Waals surface area contributed by atoms with Crippen LogP contribution in [0.25, 0.3) is 0 Å². The first-order valence-electron chi connectivity index (χ1n) is 7.59. The molecule has 2 heterocycles. The summed E-state index contributed by atoms with van der Waals surface area (Å²) >= 11 is 3.28. The fourth-order valence-electron chi connectivity index (χ4n) is 2.62. The van der Waals surface area contributed by atoms with Crippen LogP contribution < -0.4 is 0 Å². The van der Waals surface area contributed by atoms with Gasteiger partial charge >= 0.3 is 6.09 Å². The standard InChI is InChI=1S/C16H22BrFN2O3/c1-16(2,3)23-15(22)20-9-10(18)7-12(20)13(21)8-11-5-4-6-14(17)19-11/h4-6,10,12-13,21H,7-9H2,1-3H3/t10-,12+,13?/m1/s1. The van der Waals surface area contributed by atoms with Gasteiger partial charge < -0.3 is 9.84 Å². The molecule has 1 amide bonds. The molecular weight excluding hydrogens is 367 g/mol. The van der Waals surface area contributed by atoms with Crippen molar-refractivity contribution in [1.82, 2.24) is 9.88 Å². The van der Waals surface area contributed by atoms with E-state index >= 15 is 0 Å². The molecule has 1 saturated heterocycles. The Morgan fingerprint density at radius 3 is 2.87 bits per heavy atom. The van der Waals surface area contributed by atoms with Gasteiger partial charge in [0.05, 0.1) is 18.7 Å². The van der Waals surface area contributed by atoms with Gasteiger partial charge in [0.15, 0.2) is 0 Å². The highest BCUT2D eigenvalue weighted by atomic mass is 79.9. The summed E-state index contributed by atoms with van der Waals surface area (Å²) in [5.74, 6) is 0. The van der Waals surface area contributed by atoms with E-state index in [0.717, 1.165) is 0 Å². The number of aliphatic hydroxyl groups is 1. The Hall–Kier alpha value is -1.21. The number of ether oxygens (including phenoxy) is 1. The summed E-state index contributed by atoms with van der Waals surface area (Å²) in [7, 11) is 0. The number of carbonyl (C=O) groups excluding carboxylic acids is 1. The molecule has 2 rings (SSSR count). The van der Waals surface area contributed by atoms with E-state index in [4.69, 9.17) is 4.74 Å². The highest BCUT2D eigenvalue weighted by Crippen LogP contribution is 2.26. The molecule has 1 aromatic heterocycles. The maximum atomic E-state index is 13.8. The summed E-state index contributed by atoms with van der Waals surface area (Å²) < 4.78 is 19.8. The van der Waals surface area contributed by atoms with E-state index in [1.165, 1.54) is 4.90 Å². The summed E-state index contributed by atoms with van der Waals surface area (Å²) in [6.45, 7) is 5.21. The molecule has 0 bridgehead atoms. The zero-order chi connectivity index (χ0) is 17.2. The van der Waals surface area contributed by atoms with Crippen molar-refractivity contribution in [3.05, 3.63) is 28.5 Å². The van der Waals surface area contributed by atoms with Crippen molar-refractivity contribution < 1.29 is 19.0 Å². The number of pyridine rings is 1. The number of rotatable bonds is 3. The van der Waals surface area contributed by atoms with Gasteiger partial charge in [0, 0.05) is 18.5 Å². The zero-order valence-corrected chi connectivity index (χ0v) is 15.1. The van der Waals surface area contributed by atoms with Gasteiger partial charge in [0.1, 0.15) is 16.4 Å². The SMILES string of the molecule is CC(C)(C)OC(=O)N1C[C@H](F)C[C@H]1C(O)Cc1cccc(Br)n1. The Kier molecular flexibility index (Phi) is 5.62. The van der Waals surface area contributed by atoms with Crippen molar-refractivity contribution in [2.24, 2.45) is 0 Å². The highest BCUT2D eigenvalue weighted by molar-refractivity contribution is 9.10. The zero-order valence-electron chi connectivity index (χ0n) is 13.5. The van der Waals surface area contributed by atoms with Crippen molar-refractivity contribution in [3.8, 4) is 0 Å². The Morgan fingerprint density at radius 1 is 1.57 bits per heavy atom. The van der Waals surface area contributed by atoms with Crippen LogP contribution in [0.1, 0.15) is 32.9 Å². The lowest BCUT2D eigenvalue weighted by Crippen LogP contribution is -2.45. The molecule has 1 aliphatic heterocycles. The largest absolute Gasteiger partial charge is 0.444 e. The van der Waals surface area contributed by atoms with E-state index in [0.29, 0.717) is 10.3 Å². The second kappa shape index (κ2) is 7.13. The monoisotopic (exact) mass is 388 g/mol. The second-order valence-corrected chi connectivity index (χ2v) is 7.57. The number of halogens is 2. The van der Waals surface area contributed by atoms with E-state index in [2.05, 4.69) is 20.9 Å². The minimum Gasteiger partial charge on any atom is -0.444 e. The molecule has 1 aliphatic rings. The van der Waals surface area contributed by atoms with E-state index < -0.39 is 30.0 Å². The smallest absolute Gasteiger partial charge is 0.410 e. The quantitative estimate of drug-likeness (QED) is 0.808. The number of carbonyl (C=O) groups is 1. The Bertz CT molecular complexity index is 565. The molecular formula is C16H22BrFN2O3. The summed E-state index contributed by atoms with van der Waals surface area (Å²) in [6, 6.07) is 4.78. The molecule has 0 aromatic carbocycles. The lowest BCUT2D eigenvalue weighted by molar-refractivity contribution is 0.00497. The van der Waals surface area contributed by atoms with Crippen LogP contribution in [0.15, 0.2) is 22.8 Å². The molecule has 0 spiro atoms.